The molecule has 0 aliphatic carbocycles. The second-order valence-corrected chi connectivity index (χ2v) is 3.38. The van der Waals surface area contributed by atoms with Crippen molar-refractivity contribution in [3.8, 4) is 0 Å². The van der Waals surface area contributed by atoms with E-state index in [1.54, 1.807) is 18.2 Å². The van der Waals surface area contributed by atoms with E-state index in [9.17, 15) is 14.9 Å². The van der Waals surface area contributed by atoms with Crippen molar-refractivity contribution in [1.82, 2.24) is 0 Å². The summed E-state index contributed by atoms with van der Waals surface area (Å²) in [5.41, 5.74) is 0.247. The summed E-state index contributed by atoms with van der Waals surface area (Å²) in [6, 6.07) is 6.11. The number of nitro benzene ring substituents is 1. The van der Waals surface area contributed by atoms with E-state index < -0.39 is 17.0 Å². The van der Waals surface area contributed by atoms with Crippen LogP contribution in [0.3, 0.4) is 0 Å². The van der Waals surface area contributed by atoms with Gasteiger partial charge in [-0.15, -0.1) is 0 Å². The molecule has 0 fully saturated rings. The molecular formula is C11H9NO5. The van der Waals surface area contributed by atoms with Gasteiger partial charge in [0.2, 0.25) is 5.76 Å². The Morgan fingerprint density at radius 2 is 2.12 bits per heavy atom. The lowest BCUT2D eigenvalue weighted by Crippen LogP contribution is -2.05. The maximum Gasteiger partial charge on any atom is 0.374 e. The Morgan fingerprint density at radius 1 is 1.41 bits per heavy atom. The molecule has 6 heteroatoms. The Balaban J connectivity index is 2.40. The van der Waals surface area contributed by atoms with Crippen LogP contribution in [0.5, 0.6) is 0 Å². The van der Waals surface area contributed by atoms with Gasteiger partial charge in [0.05, 0.1) is 17.6 Å². The quantitative estimate of drug-likeness (QED) is 0.452. The second kappa shape index (κ2) is 4.25. The summed E-state index contributed by atoms with van der Waals surface area (Å²) >= 11 is 0. The molecule has 17 heavy (non-hydrogen) atoms. The van der Waals surface area contributed by atoms with Crippen LogP contribution in [-0.2, 0) is 14.3 Å². The fourth-order valence-electron chi connectivity index (χ4n) is 1.61. The second-order valence-electron chi connectivity index (χ2n) is 3.38. The van der Waals surface area contributed by atoms with E-state index >= 15 is 0 Å². The molecule has 6 nitrogen and oxygen atoms in total. The molecule has 0 spiro atoms. The van der Waals surface area contributed by atoms with Crippen molar-refractivity contribution < 1.29 is 19.2 Å². The average molecular weight is 235 g/mol. The van der Waals surface area contributed by atoms with Gasteiger partial charge in [0.25, 0.3) is 5.69 Å². The third-order valence-corrected chi connectivity index (χ3v) is 2.40. The maximum absolute atomic E-state index is 11.3. The summed E-state index contributed by atoms with van der Waals surface area (Å²) in [5.74, 6) is -0.552. The van der Waals surface area contributed by atoms with Crippen LogP contribution >= 0.6 is 0 Å². The first kappa shape index (κ1) is 11.1. The number of nitrogens with zero attached hydrogens (tertiary/aromatic N) is 1. The number of methoxy groups -OCH3 is 1. The number of ether oxygens (including phenoxy) is 2. The number of carbonyl (C=O) groups excluding carboxylic acids is 1. The van der Waals surface area contributed by atoms with Crippen molar-refractivity contribution in [3.63, 3.8) is 0 Å². The highest BCUT2D eigenvalue weighted by atomic mass is 16.6. The molecule has 1 atom stereocenters. The average Bonchev–Trinajstić information content (AvgIpc) is 2.70. The van der Waals surface area contributed by atoms with Gasteiger partial charge in [0, 0.05) is 12.1 Å². The molecule has 0 saturated carbocycles. The van der Waals surface area contributed by atoms with E-state index in [4.69, 9.17) is 9.47 Å². The lowest BCUT2D eigenvalue weighted by atomic mass is 10.1. The smallest absolute Gasteiger partial charge is 0.374 e. The van der Waals surface area contributed by atoms with Gasteiger partial charge < -0.3 is 9.47 Å². The molecule has 0 bridgehead atoms. The highest BCUT2D eigenvalue weighted by molar-refractivity contribution is 5.89. The first-order valence-corrected chi connectivity index (χ1v) is 4.83. The number of para-hydroxylation sites is 1. The van der Waals surface area contributed by atoms with Crippen LogP contribution in [0.15, 0.2) is 36.1 Å². The molecular weight excluding hydrogens is 226 g/mol. The topological polar surface area (TPSA) is 78.7 Å². The van der Waals surface area contributed by atoms with Crippen molar-refractivity contribution in [2.75, 3.05) is 7.11 Å². The van der Waals surface area contributed by atoms with Crippen molar-refractivity contribution in [1.29, 1.82) is 0 Å². The van der Waals surface area contributed by atoms with Crippen molar-refractivity contribution in [2.24, 2.45) is 0 Å². The molecule has 1 aromatic carbocycles. The molecule has 88 valence electrons. The predicted octanol–water partition coefficient (Wildman–Crippen LogP) is 1.72. The summed E-state index contributed by atoms with van der Waals surface area (Å²) < 4.78 is 9.77. The predicted molar refractivity (Wildman–Crippen MR) is 57.0 cm³/mol. The van der Waals surface area contributed by atoms with Crippen molar-refractivity contribution >= 4 is 11.7 Å². The maximum atomic E-state index is 11.3. The van der Waals surface area contributed by atoms with E-state index in [0.717, 1.165) is 0 Å². The van der Waals surface area contributed by atoms with Crippen LogP contribution in [0.4, 0.5) is 5.69 Å². The summed E-state index contributed by atoms with van der Waals surface area (Å²) in [6.07, 6.45) is 0.657. The largest absolute Gasteiger partial charge is 0.490 e. The Labute approximate surface area is 96.6 Å². The van der Waals surface area contributed by atoms with E-state index in [-0.39, 0.29) is 11.4 Å². The van der Waals surface area contributed by atoms with Crippen LogP contribution in [0, 0.1) is 10.1 Å². The van der Waals surface area contributed by atoms with Gasteiger partial charge in [-0.2, -0.15) is 0 Å². The van der Waals surface area contributed by atoms with Gasteiger partial charge in [-0.05, 0) is 6.07 Å². The Bertz CT molecular complexity index is 508. The third-order valence-electron chi connectivity index (χ3n) is 2.40. The third kappa shape index (κ3) is 1.96. The fraction of sp³-hybridized carbons (Fsp3) is 0.182. The normalized spacial score (nSPS) is 18.5. The highest BCUT2D eigenvalue weighted by Gasteiger charge is 2.31. The molecule has 0 aromatic heterocycles. The number of cyclic esters (lactones) is 1. The Morgan fingerprint density at radius 3 is 2.71 bits per heavy atom. The Kier molecular flexibility index (Phi) is 2.78. The molecule has 0 unspecified atom stereocenters. The molecule has 0 saturated heterocycles. The van der Waals surface area contributed by atoms with E-state index in [2.05, 4.69) is 0 Å². The number of esters is 1. The van der Waals surface area contributed by atoms with Crippen LogP contribution in [0.25, 0.3) is 0 Å². The van der Waals surface area contributed by atoms with Gasteiger partial charge in [-0.3, -0.25) is 10.1 Å². The van der Waals surface area contributed by atoms with E-state index in [0.29, 0.717) is 5.56 Å². The van der Waals surface area contributed by atoms with E-state index in [1.807, 2.05) is 0 Å². The van der Waals surface area contributed by atoms with Gasteiger partial charge in [0.15, 0.2) is 6.10 Å². The fourth-order valence-corrected chi connectivity index (χ4v) is 1.61. The van der Waals surface area contributed by atoms with E-state index in [1.165, 1.54) is 19.3 Å². The Hall–Kier alpha value is -2.37. The number of rotatable bonds is 3. The van der Waals surface area contributed by atoms with Gasteiger partial charge in [-0.25, -0.2) is 4.79 Å². The number of nitro groups is 1. The molecule has 1 aromatic rings. The molecule has 1 heterocycles. The van der Waals surface area contributed by atoms with Crippen molar-refractivity contribution in [2.45, 2.75) is 6.10 Å². The van der Waals surface area contributed by atoms with Gasteiger partial charge in [-0.1, -0.05) is 12.1 Å². The minimum Gasteiger partial charge on any atom is -0.490 e. The number of benzene rings is 1. The molecule has 1 aliphatic heterocycles. The lowest BCUT2D eigenvalue weighted by Gasteiger charge is -2.07. The zero-order chi connectivity index (χ0) is 12.4. The number of hydrogen-bond donors (Lipinski definition) is 0. The van der Waals surface area contributed by atoms with Crippen LogP contribution in [0.2, 0.25) is 0 Å². The molecule has 0 N–H and O–H groups in total. The molecule has 2 rings (SSSR count). The molecule has 0 amide bonds. The van der Waals surface area contributed by atoms with Crippen LogP contribution in [0.1, 0.15) is 11.7 Å². The minimum atomic E-state index is -0.765. The minimum absolute atomic E-state index is 0.0631. The highest BCUT2D eigenvalue weighted by Crippen LogP contribution is 2.33. The summed E-state index contributed by atoms with van der Waals surface area (Å²) in [7, 11) is 1.34. The molecule has 0 radical (unpaired) electrons. The van der Waals surface area contributed by atoms with Gasteiger partial charge >= 0.3 is 5.97 Å². The summed E-state index contributed by atoms with van der Waals surface area (Å²) in [5, 5.41) is 10.8. The number of hydrogen-bond acceptors (Lipinski definition) is 5. The van der Waals surface area contributed by atoms with Crippen molar-refractivity contribution in [3.05, 3.63) is 51.8 Å². The SMILES string of the molecule is COC1=C[C@@H](c2ccccc2[N+](=O)[O-])OC1=O. The van der Waals surface area contributed by atoms with Crippen LogP contribution in [-0.4, -0.2) is 18.0 Å². The standard InChI is InChI=1S/C11H9NO5/c1-16-10-6-9(17-11(10)13)7-4-2-3-5-8(7)12(14)15/h2-6,9H,1H3/t9-/m0/s1. The van der Waals surface area contributed by atoms with Gasteiger partial charge in [0.1, 0.15) is 0 Å². The summed E-state index contributed by atoms with van der Waals surface area (Å²) in [6.45, 7) is 0. The zero-order valence-corrected chi connectivity index (χ0v) is 8.95. The molecule has 1 aliphatic rings. The lowest BCUT2D eigenvalue weighted by molar-refractivity contribution is -0.386. The number of carbonyl (C=O) groups is 1. The zero-order valence-electron chi connectivity index (χ0n) is 8.95. The first-order chi connectivity index (χ1) is 8.13. The summed E-state index contributed by atoms with van der Waals surface area (Å²) in [4.78, 5) is 21.6. The first-order valence-electron chi connectivity index (χ1n) is 4.83. The van der Waals surface area contributed by atoms with Crippen LogP contribution < -0.4 is 0 Å². The monoisotopic (exact) mass is 235 g/mol.